The van der Waals surface area contributed by atoms with E-state index < -0.39 is 10.0 Å². The summed E-state index contributed by atoms with van der Waals surface area (Å²) in [5.74, 6) is -0.132. The summed E-state index contributed by atoms with van der Waals surface area (Å²) >= 11 is 1.59. The number of thiazole rings is 1. The third-order valence-corrected chi connectivity index (χ3v) is 7.15. The molecule has 0 bridgehead atoms. The number of rotatable bonds is 4. The van der Waals surface area contributed by atoms with Crippen LogP contribution in [0, 0.1) is 0 Å². The molecule has 2 N–H and O–H groups in total. The number of aromatic nitrogens is 1. The van der Waals surface area contributed by atoms with Crippen molar-refractivity contribution < 1.29 is 13.2 Å². The number of nitrogens with zero attached hydrogens (tertiary/aromatic N) is 1. The monoisotopic (exact) mass is 421 g/mol. The van der Waals surface area contributed by atoms with Gasteiger partial charge in [0.2, 0.25) is 5.91 Å². The number of nitrogens with one attached hydrogen (secondary N) is 2. The van der Waals surface area contributed by atoms with Crippen molar-refractivity contribution in [1.82, 2.24) is 4.98 Å². The van der Waals surface area contributed by atoms with Gasteiger partial charge in [0.05, 0.1) is 21.5 Å². The van der Waals surface area contributed by atoms with Gasteiger partial charge in [-0.1, -0.05) is 12.1 Å². The smallest absolute Gasteiger partial charge is 0.261 e. The van der Waals surface area contributed by atoms with Crippen LogP contribution >= 0.6 is 11.3 Å². The Morgan fingerprint density at radius 3 is 2.59 bits per heavy atom. The lowest BCUT2D eigenvalue weighted by atomic mass is 10.2. The molecule has 8 heteroatoms. The largest absolute Gasteiger partial charge is 0.326 e. The van der Waals surface area contributed by atoms with Crippen molar-refractivity contribution in [2.75, 3.05) is 10.0 Å². The summed E-state index contributed by atoms with van der Waals surface area (Å²) in [7, 11) is -3.75. The first-order valence-corrected chi connectivity index (χ1v) is 11.2. The SMILES string of the molecule is O=C1Cc2cc(S(=O)(=O)Nc3ccc(-c4nc5ccccc5s4)cc3)ccc2N1. The summed E-state index contributed by atoms with van der Waals surface area (Å²) in [6.07, 6.45) is 0.190. The van der Waals surface area contributed by atoms with E-state index in [2.05, 4.69) is 15.0 Å². The lowest BCUT2D eigenvalue weighted by molar-refractivity contribution is -0.115. The molecular formula is C21H15N3O3S2. The van der Waals surface area contributed by atoms with Crippen molar-refractivity contribution in [1.29, 1.82) is 0 Å². The Labute approximate surface area is 171 Å². The number of hydrogen-bond acceptors (Lipinski definition) is 5. The lowest BCUT2D eigenvalue weighted by Gasteiger charge is -2.09. The third-order valence-electron chi connectivity index (χ3n) is 4.69. The molecule has 0 spiro atoms. The Morgan fingerprint density at radius 1 is 1.00 bits per heavy atom. The molecule has 0 fully saturated rings. The van der Waals surface area contributed by atoms with E-state index in [1.54, 1.807) is 29.5 Å². The Kier molecular flexibility index (Phi) is 4.11. The Hall–Kier alpha value is -3.23. The zero-order valence-corrected chi connectivity index (χ0v) is 16.7. The molecule has 0 atom stereocenters. The summed E-state index contributed by atoms with van der Waals surface area (Å²) in [5.41, 5.74) is 3.68. The fourth-order valence-electron chi connectivity index (χ4n) is 3.26. The number of carbonyl (C=O) groups is 1. The van der Waals surface area contributed by atoms with Gasteiger partial charge < -0.3 is 5.32 Å². The highest BCUT2D eigenvalue weighted by Gasteiger charge is 2.22. The van der Waals surface area contributed by atoms with Gasteiger partial charge in [-0.3, -0.25) is 9.52 Å². The van der Waals surface area contributed by atoms with Gasteiger partial charge in [0.25, 0.3) is 10.0 Å². The Bertz CT molecular complexity index is 1330. The maximum absolute atomic E-state index is 12.7. The number of carbonyl (C=O) groups excluding carboxylic acids is 1. The molecule has 1 amide bonds. The quantitative estimate of drug-likeness (QED) is 0.515. The third kappa shape index (κ3) is 3.37. The topological polar surface area (TPSA) is 88.2 Å². The van der Waals surface area contributed by atoms with Gasteiger partial charge in [-0.05, 0) is 60.2 Å². The highest BCUT2D eigenvalue weighted by molar-refractivity contribution is 7.92. The first-order chi connectivity index (χ1) is 14.0. The normalized spacial score (nSPS) is 13.3. The van der Waals surface area contributed by atoms with Crippen LogP contribution in [0.3, 0.4) is 0 Å². The van der Waals surface area contributed by atoms with Crippen LogP contribution in [-0.2, 0) is 21.2 Å². The van der Waals surface area contributed by atoms with E-state index in [0.717, 1.165) is 20.8 Å². The summed E-state index contributed by atoms with van der Waals surface area (Å²) in [6.45, 7) is 0. The number of hydrogen-bond donors (Lipinski definition) is 2. The second-order valence-corrected chi connectivity index (χ2v) is 9.43. The van der Waals surface area contributed by atoms with Gasteiger partial charge in [0.1, 0.15) is 5.01 Å². The van der Waals surface area contributed by atoms with Gasteiger partial charge in [0, 0.05) is 16.9 Å². The molecule has 4 aromatic rings. The van der Waals surface area contributed by atoms with E-state index in [-0.39, 0.29) is 17.2 Å². The fourth-order valence-corrected chi connectivity index (χ4v) is 5.34. The maximum Gasteiger partial charge on any atom is 0.261 e. The molecule has 1 aromatic heterocycles. The number of para-hydroxylation sites is 1. The maximum atomic E-state index is 12.7. The molecule has 3 aromatic carbocycles. The molecule has 0 radical (unpaired) electrons. The van der Waals surface area contributed by atoms with Crippen molar-refractivity contribution in [2.45, 2.75) is 11.3 Å². The summed E-state index contributed by atoms with van der Waals surface area (Å²) < 4.78 is 29.2. The van der Waals surface area contributed by atoms with Crippen molar-refractivity contribution >= 4 is 48.9 Å². The van der Waals surface area contributed by atoms with E-state index >= 15 is 0 Å². The summed E-state index contributed by atoms with van der Waals surface area (Å²) in [6, 6.07) is 19.7. The molecule has 0 saturated carbocycles. The van der Waals surface area contributed by atoms with Crippen LogP contribution in [0.2, 0.25) is 0 Å². The molecule has 6 nitrogen and oxygen atoms in total. The van der Waals surface area contributed by atoms with E-state index in [1.807, 2.05) is 36.4 Å². The standard InChI is InChI=1S/C21H15N3O3S2/c25-20-12-14-11-16(9-10-17(14)22-20)29(26,27)24-15-7-5-13(6-8-15)21-23-18-3-1-2-4-19(18)28-21/h1-11,24H,12H2,(H,22,25). The van der Waals surface area contributed by atoms with Crippen LogP contribution < -0.4 is 10.0 Å². The second-order valence-electron chi connectivity index (χ2n) is 6.71. The molecule has 0 saturated heterocycles. The molecule has 144 valence electrons. The van der Waals surface area contributed by atoms with Gasteiger partial charge in [-0.15, -0.1) is 11.3 Å². The van der Waals surface area contributed by atoms with Crippen LogP contribution in [0.1, 0.15) is 5.56 Å². The molecule has 0 aliphatic carbocycles. The summed E-state index contributed by atoms with van der Waals surface area (Å²) in [5, 5.41) is 3.58. The van der Waals surface area contributed by atoms with E-state index in [1.165, 1.54) is 12.1 Å². The second kappa shape index (κ2) is 6.68. The van der Waals surface area contributed by atoms with Crippen LogP contribution in [0.4, 0.5) is 11.4 Å². The number of anilines is 2. The number of fused-ring (bicyclic) bond motifs is 2. The molecule has 0 unspecified atom stereocenters. The summed E-state index contributed by atoms with van der Waals surface area (Å²) in [4.78, 5) is 16.2. The van der Waals surface area contributed by atoms with E-state index in [4.69, 9.17) is 0 Å². The predicted molar refractivity (Wildman–Crippen MR) is 115 cm³/mol. The molecular weight excluding hydrogens is 406 g/mol. The Balaban J connectivity index is 1.39. The molecule has 2 heterocycles. The zero-order chi connectivity index (χ0) is 20.0. The minimum atomic E-state index is -3.75. The van der Waals surface area contributed by atoms with Crippen LogP contribution in [0.15, 0.2) is 71.6 Å². The number of sulfonamides is 1. The zero-order valence-electron chi connectivity index (χ0n) is 15.0. The van der Waals surface area contributed by atoms with Crippen molar-refractivity contribution in [2.24, 2.45) is 0 Å². The van der Waals surface area contributed by atoms with Gasteiger partial charge in [-0.2, -0.15) is 0 Å². The Morgan fingerprint density at radius 2 is 1.79 bits per heavy atom. The molecule has 1 aliphatic heterocycles. The molecule has 1 aliphatic rings. The minimum absolute atomic E-state index is 0.128. The van der Waals surface area contributed by atoms with Crippen molar-refractivity contribution in [3.05, 3.63) is 72.3 Å². The molecule has 29 heavy (non-hydrogen) atoms. The number of benzene rings is 3. The molecule has 5 rings (SSSR count). The number of amides is 1. The average molecular weight is 422 g/mol. The van der Waals surface area contributed by atoms with Crippen molar-refractivity contribution in [3.63, 3.8) is 0 Å². The van der Waals surface area contributed by atoms with Crippen molar-refractivity contribution in [3.8, 4) is 10.6 Å². The van der Waals surface area contributed by atoms with Gasteiger partial charge in [-0.25, -0.2) is 13.4 Å². The van der Waals surface area contributed by atoms with Gasteiger partial charge >= 0.3 is 0 Å². The van der Waals surface area contributed by atoms with Crippen LogP contribution in [0.5, 0.6) is 0 Å². The lowest BCUT2D eigenvalue weighted by Crippen LogP contribution is -2.13. The van der Waals surface area contributed by atoms with Gasteiger partial charge in [0.15, 0.2) is 0 Å². The highest BCUT2D eigenvalue weighted by atomic mass is 32.2. The highest BCUT2D eigenvalue weighted by Crippen LogP contribution is 2.31. The predicted octanol–water partition coefficient (Wildman–Crippen LogP) is 4.26. The fraction of sp³-hybridized carbons (Fsp3) is 0.0476. The minimum Gasteiger partial charge on any atom is -0.326 e. The first-order valence-electron chi connectivity index (χ1n) is 8.90. The van der Waals surface area contributed by atoms with Crippen LogP contribution in [-0.4, -0.2) is 19.3 Å². The average Bonchev–Trinajstić information content (AvgIpc) is 3.30. The first kappa shape index (κ1) is 17.8. The van der Waals surface area contributed by atoms with E-state index in [9.17, 15) is 13.2 Å². The van der Waals surface area contributed by atoms with Crippen LogP contribution in [0.25, 0.3) is 20.8 Å². The van der Waals surface area contributed by atoms with E-state index in [0.29, 0.717) is 16.9 Å².